The van der Waals surface area contributed by atoms with Crippen molar-refractivity contribution >= 4 is 11.6 Å². The van der Waals surface area contributed by atoms with Crippen molar-refractivity contribution in [1.82, 2.24) is 0 Å². The van der Waals surface area contributed by atoms with Crippen molar-refractivity contribution in [2.75, 3.05) is 13.2 Å². The predicted octanol–water partition coefficient (Wildman–Crippen LogP) is 1.35. The second kappa shape index (κ2) is 4.22. The molecule has 1 heterocycles. The molecule has 1 unspecified atom stereocenters. The van der Waals surface area contributed by atoms with Crippen LogP contribution in [0.4, 0.5) is 0 Å². The minimum atomic E-state index is -0.000901. The Hall–Kier alpha value is -0.700. The Morgan fingerprint density at radius 1 is 1.07 bits per heavy atom. The molecule has 0 radical (unpaired) electrons. The van der Waals surface area contributed by atoms with Gasteiger partial charge in [0.15, 0.2) is 0 Å². The maximum Gasteiger partial charge on any atom is 0.145 e. The zero-order valence-corrected chi connectivity index (χ0v) is 8.33. The first-order valence-electron chi connectivity index (χ1n) is 5.40. The molecule has 0 bridgehead atoms. The van der Waals surface area contributed by atoms with Crippen molar-refractivity contribution in [3.8, 4) is 0 Å². The first kappa shape index (κ1) is 9.84. The lowest BCUT2D eigenvalue weighted by molar-refractivity contribution is -0.132. The third-order valence-corrected chi connectivity index (χ3v) is 3.29. The summed E-state index contributed by atoms with van der Waals surface area (Å²) in [5.41, 5.74) is 0. The smallest absolute Gasteiger partial charge is 0.145 e. The van der Waals surface area contributed by atoms with E-state index in [1.807, 2.05) is 0 Å². The maximum absolute atomic E-state index is 11.6. The average Bonchev–Trinajstić information content (AvgIpc) is 2.51. The number of rotatable bonds is 4. The molecule has 1 saturated carbocycles. The first-order chi connectivity index (χ1) is 6.77. The highest BCUT2D eigenvalue weighted by Crippen LogP contribution is 2.29. The van der Waals surface area contributed by atoms with Crippen LogP contribution in [0, 0.1) is 11.8 Å². The molecule has 0 aromatic carbocycles. The highest BCUT2D eigenvalue weighted by molar-refractivity contribution is 6.01. The Balaban J connectivity index is 1.78. The fraction of sp³-hybridized carbons (Fsp3) is 0.818. The van der Waals surface area contributed by atoms with E-state index in [0.717, 1.165) is 25.7 Å². The monoisotopic (exact) mass is 196 g/mol. The molecule has 0 aromatic heterocycles. The summed E-state index contributed by atoms with van der Waals surface area (Å²) in [5, 5.41) is 0. The van der Waals surface area contributed by atoms with E-state index in [9.17, 15) is 9.59 Å². The minimum absolute atomic E-state index is 0.000901. The van der Waals surface area contributed by atoms with Gasteiger partial charge in [-0.3, -0.25) is 9.59 Å². The quantitative estimate of drug-likeness (QED) is 0.637. The van der Waals surface area contributed by atoms with Gasteiger partial charge < -0.3 is 4.74 Å². The van der Waals surface area contributed by atoms with E-state index in [2.05, 4.69) is 0 Å². The number of carbonyl (C=O) groups excluding carboxylic acids is 2. The van der Waals surface area contributed by atoms with Crippen LogP contribution < -0.4 is 0 Å². The van der Waals surface area contributed by atoms with E-state index >= 15 is 0 Å². The number of ether oxygens (including phenoxy) is 1. The van der Waals surface area contributed by atoms with Crippen molar-refractivity contribution in [2.24, 2.45) is 11.8 Å². The standard InChI is InChI=1S/C11H16O3/c12-10(8-2-1-3-8)6-11(13)9-4-5-14-7-9/h8-9H,1-7H2. The summed E-state index contributed by atoms with van der Waals surface area (Å²) in [5.74, 6) is 0.452. The maximum atomic E-state index is 11.6. The zero-order valence-electron chi connectivity index (χ0n) is 8.33. The van der Waals surface area contributed by atoms with Crippen molar-refractivity contribution in [1.29, 1.82) is 0 Å². The largest absolute Gasteiger partial charge is 0.381 e. The molecule has 0 amide bonds. The summed E-state index contributed by atoms with van der Waals surface area (Å²) in [7, 11) is 0. The Labute approximate surface area is 83.8 Å². The lowest BCUT2D eigenvalue weighted by Gasteiger charge is -2.23. The third-order valence-electron chi connectivity index (χ3n) is 3.29. The van der Waals surface area contributed by atoms with Gasteiger partial charge in [0, 0.05) is 18.4 Å². The molecule has 0 aromatic rings. The van der Waals surface area contributed by atoms with Crippen molar-refractivity contribution in [2.45, 2.75) is 32.1 Å². The van der Waals surface area contributed by atoms with Gasteiger partial charge in [-0.15, -0.1) is 0 Å². The normalized spacial score (nSPS) is 27.3. The van der Waals surface area contributed by atoms with E-state index in [4.69, 9.17) is 4.74 Å². The fourth-order valence-electron chi connectivity index (χ4n) is 1.98. The van der Waals surface area contributed by atoms with Crippen LogP contribution in [-0.2, 0) is 14.3 Å². The second-order valence-corrected chi connectivity index (χ2v) is 4.30. The highest BCUT2D eigenvalue weighted by atomic mass is 16.5. The van der Waals surface area contributed by atoms with Crippen LogP contribution in [0.2, 0.25) is 0 Å². The van der Waals surface area contributed by atoms with Crippen LogP contribution >= 0.6 is 0 Å². The van der Waals surface area contributed by atoms with Crippen LogP contribution in [0.3, 0.4) is 0 Å². The van der Waals surface area contributed by atoms with Crippen LogP contribution in [0.1, 0.15) is 32.1 Å². The number of hydrogen-bond acceptors (Lipinski definition) is 3. The zero-order chi connectivity index (χ0) is 9.97. The van der Waals surface area contributed by atoms with E-state index in [1.165, 1.54) is 0 Å². The van der Waals surface area contributed by atoms with Gasteiger partial charge in [0.1, 0.15) is 11.6 Å². The second-order valence-electron chi connectivity index (χ2n) is 4.30. The van der Waals surface area contributed by atoms with Gasteiger partial charge in [0.2, 0.25) is 0 Å². The molecular formula is C11H16O3. The number of carbonyl (C=O) groups is 2. The van der Waals surface area contributed by atoms with Gasteiger partial charge in [0.25, 0.3) is 0 Å². The molecule has 0 N–H and O–H groups in total. The van der Waals surface area contributed by atoms with E-state index in [-0.39, 0.29) is 29.8 Å². The predicted molar refractivity (Wildman–Crippen MR) is 50.9 cm³/mol. The molecule has 1 aliphatic heterocycles. The lowest BCUT2D eigenvalue weighted by atomic mass is 9.80. The molecule has 1 aliphatic carbocycles. The van der Waals surface area contributed by atoms with Crippen LogP contribution in [0.15, 0.2) is 0 Å². The summed E-state index contributed by atoms with van der Waals surface area (Å²) in [4.78, 5) is 23.1. The third kappa shape index (κ3) is 2.03. The summed E-state index contributed by atoms with van der Waals surface area (Å²) in [6.45, 7) is 1.20. The van der Waals surface area contributed by atoms with Crippen molar-refractivity contribution in [3.05, 3.63) is 0 Å². The average molecular weight is 196 g/mol. The molecule has 1 atom stereocenters. The molecule has 14 heavy (non-hydrogen) atoms. The van der Waals surface area contributed by atoms with E-state index in [0.29, 0.717) is 13.2 Å². The number of ketones is 2. The molecule has 2 fully saturated rings. The Morgan fingerprint density at radius 3 is 2.29 bits per heavy atom. The number of Topliss-reactive ketones (excluding diaryl/α,β-unsaturated/α-hetero) is 2. The summed E-state index contributed by atoms with van der Waals surface area (Å²) in [6, 6.07) is 0. The fourth-order valence-corrected chi connectivity index (χ4v) is 1.98. The first-order valence-corrected chi connectivity index (χ1v) is 5.40. The Morgan fingerprint density at radius 2 is 1.79 bits per heavy atom. The van der Waals surface area contributed by atoms with Gasteiger partial charge in [-0.2, -0.15) is 0 Å². The van der Waals surface area contributed by atoms with Gasteiger partial charge in [-0.05, 0) is 19.3 Å². The van der Waals surface area contributed by atoms with Crippen molar-refractivity contribution < 1.29 is 14.3 Å². The van der Waals surface area contributed by atoms with Crippen LogP contribution in [-0.4, -0.2) is 24.8 Å². The highest BCUT2D eigenvalue weighted by Gasteiger charge is 2.30. The van der Waals surface area contributed by atoms with Gasteiger partial charge >= 0.3 is 0 Å². The molecule has 78 valence electrons. The van der Waals surface area contributed by atoms with Gasteiger partial charge in [-0.1, -0.05) is 6.42 Å². The lowest BCUT2D eigenvalue weighted by Crippen LogP contribution is -2.26. The summed E-state index contributed by atoms with van der Waals surface area (Å²) < 4.78 is 5.13. The Kier molecular flexibility index (Phi) is 2.96. The SMILES string of the molecule is O=C(CC(=O)C1CCOC1)C1CCC1. The molecule has 3 nitrogen and oxygen atoms in total. The molecule has 3 heteroatoms. The van der Waals surface area contributed by atoms with Crippen LogP contribution in [0.25, 0.3) is 0 Å². The molecular weight excluding hydrogens is 180 g/mol. The van der Waals surface area contributed by atoms with E-state index < -0.39 is 0 Å². The molecule has 0 spiro atoms. The number of hydrogen-bond donors (Lipinski definition) is 0. The summed E-state index contributed by atoms with van der Waals surface area (Å²) >= 11 is 0. The molecule has 2 aliphatic rings. The molecule has 2 rings (SSSR count). The summed E-state index contributed by atoms with van der Waals surface area (Å²) in [6.07, 6.45) is 4.09. The topological polar surface area (TPSA) is 43.4 Å². The van der Waals surface area contributed by atoms with Crippen molar-refractivity contribution in [3.63, 3.8) is 0 Å². The minimum Gasteiger partial charge on any atom is -0.381 e. The van der Waals surface area contributed by atoms with Gasteiger partial charge in [-0.25, -0.2) is 0 Å². The molecule has 1 saturated heterocycles. The van der Waals surface area contributed by atoms with Crippen LogP contribution in [0.5, 0.6) is 0 Å². The van der Waals surface area contributed by atoms with Gasteiger partial charge in [0.05, 0.1) is 13.0 Å². The van der Waals surface area contributed by atoms with E-state index in [1.54, 1.807) is 0 Å². The Bertz CT molecular complexity index is 237.